The van der Waals surface area contributed by atoms with E-state index in [0.29, 0.717) is 11.5 Å². The number of pyridine rings is 1. The standard InChI is InChI=1S/C14H11N3O2S/c18-20(19,12-6-2-1-3-7-12)17-11-10-16-14(17)13-8-4-5-9-15-13/h1-11H. The molecule has 0 unspecified atom stereocenters. The summed E-state index contributed by atoms with van der Waals surface area (Å²) in [5.41, 5.74) is 0.511. The zero-order chi connectivity index (χ0) is 14.0. The molecule has 2 aromatic heterocycles. The molecule has 0 fully saturated rings. The normalized spacial score (nSPS) is 11.4. The molecule has 0 aliphatic carbocycles. The van der Waals surface area contributed by atoms with Crippen LogP contribution in [0.1, 0.15) is 0 Å². The first-order chi connectivity index (χ1) is 9.69. The van der Waals surface area contributed by atoms with Crippen molar-refractivity contribution in [1.29, 1.82) is 0 Å². The minimum Gasteiger partial charge on any atom is -0.253 e. The van der Waals surface area contributed by atoms with Crippen molar-refractivity contribution in [1.82, 2.24) is 13.9 Å². The van der Waals surface area contributed by atoms with Gasteiger partial charge in [0.25, 0.3) is 10.0 Å². The molecular formula is C14H11N3O2S. The van der Waals surface area contributed by atoms with Crippen LogP contribution in [0.25, 0.3) is 11.5 Å². The Bertz CT molecular complexity index is 812. The van der Waals surface area contributed by atoms with Crippen LogP contribution in [0.5, 0.6) is 0 Å². The molecule has 0 aliphatic heterocycles. The second-order valence-electron chi connectivity index (χ2n) is 4.08. The summed E-state index contributed by atoms with van der Waals surface area (Å²) < 4.78 is 26.3. The Kier molecular flexibility index (Phi) is 3.08. The van der Waals surface area contributed by atoms with E-state index in [-0.39, 0.29) is 4.90 Å². The highest BCUT2D eigenvalue weighted by atomic mass is 32.2. The lowest BCUT2D eigenvalue weighted by Gasteiger charge is -2.08. The van der Waals surface area contributed by atoms with Crippen LogP contribution in [0.15, 0.2) is 72.0 Å². The fraction of sp³-hybridized carbons (Fsp3) is 0. The van der Waals surface area contributed by atoms with Crippen molar-refractivity contribution in [3.05, 3.63) is 67.1 Å². The maximum absolute atomic E-state index is 12.6. The predicted octanol–water partition coefficient (Wildman–Crippen LogP) is 2.18. The summed E-state index contributed by atoms with van der Waals surface area (Å²) in [4.78, 5) is 8.46. The molecule has 0 aliphatic rings. The summed E-state index contributed by atoms with van der Waals surface area (Å²) in [5, 5.41) is 0. The van der Waals surface area contributed by atoms with E-state index in [1.807, 2.05) is 0 Å². The predicted molar refractivity (Wildman–Crippen MR) is 74.5 cm³/mol. The molecule has 3 aromatic rings. The van der Waals surface area contributed by atoms with Crippen LogP contribution in [0.2, 0.25) is 0 Å². The topological polar surface area (TPSA) is 64.8 Å². The average molecular weight is 285 g/mol. The Morgan fingerprint density at radius 2 is 1.60 bits per heavy atom. The van der Waals surface area contributed by atoms with E-state index < -0.39 is 10.0 Å². The molecule has 0 spiro atoms. The number of benzene rings is 1. The van der Waals surface area contributed by atoms with E-state index in [1.165, 1.54) is 12.4 Å². The molecule has 0 saturated carbocycles. The van der Waals surface area contributed by atoms with Crippen LogP contribution >= 0.6 is 0 Å². The molecule has 0 atom stereocenters. The fourth-order valence-corrected chi connectivity index (χ4v) is 3.18. The van der Waals surface area contributed by atoms with Gasteiger partial charge in [-0.3, -0.25) is 4.98 Å². The molecule has 2 heterocycles. The van der Waals surface area contributed by atoms with Crippen molar-refractivity contribution < 1.29 is 8.42 Å². The van der Waals surface area contributed by atoms with Crippen molar-refractivity contribution in [3.8, 4) is 11.5 Å². The number of hydrogen-bond acceptors (Lipinski definition) is 4. The fourth-order valence-electron chi connectivity index (χ4n) is 1.87. The summed E-state index contributed by atoms with van der Waals surface area (Å²) in [5.74, 6) is 0.300. The van der Waals surface area contributed by atoms with E-state index in [0.717, 1.165) is 3.97 Å². The van der Waals surface area contributed by atoms with Crippen molar-refractivity contribution in [2.24, 2.45) is 0 Å². The number of rotatable bonds is 3. The molecule has 0 bridgehead atoms. The number of aromatic nitrogens is 3. The van der Waals surface area contributed by atoms with Gasteiger partial charge in [-0.2, -0.15) is 0 Å². The molecule has 6 heteroatoms. The van der Waals surface area contributed by atoms with Crippen LogP contribution in [0.4, 0.5) is 0 Å². The Balaban J connectivity index is 2.16. The summed E-state index contributed by atoms with van der Waals surface area (Å²) in [6, 6.07) is 13.5. The quantitative estimate of drug-likeness (QED) is 0.740. The first-order valence-corrected chi connectivity index (χ1v) is 7.39. The van der Waals surface area contributed by atoms with Crippen molar-refractivity contribution in [2.45, 2.75) is 4.90 Å². The Labute approximate surface area is 116 Å². The van der Waals surface area contributed by atoms with Gasteiger partial charge in [-0.15, -0.1) is 0 Å². The van der Waals surface area contributed by atoms with Crippen molar-refractivity contribution in [2.75, 3.05) is 0 Å². The third-order valence-electron chi connectivity index (χ3n) is 2.80. The number of hydrogen-bond donors (Lipinski definition) is 0. The zero-order valence-corrected chi connectivity index (χ0v) is 11.2. The maximum Gasteiger partial charge on any atom is 0.269 e. The van der Waals surface area contributed by atoms with Crippen LogP contribution < -0.4 is 0 Å². The average Bonchev–Trinajstić information content (AvgIpc) is 2.99. The van der Waals surface area contributed by atoms with Gasteiger partial charge in [-0.05, 0) is 24.3 Å². The lowest BCUT2D eigenvalue weighted by Crippen LogP contribution is -2.13. The molecule has 0 amide bonds. The van der Waals surface area contributed by atoms with E-state index in [2.05, 4.69) is 9.97 Å². The van der Waals surface area contributed by atoms with Crippen LogP contribution in [-0.4, -0.2) is 22.4 Å². The molecule has 1 aromatic carbocycles. The third kappa shape index (κ3) is 2.10. The minimum atomic E-state index is -3.66. The van der Waals surface area contributed by atoms with Gasteiger partial charge in [0.15, 0.2) is 5.82 Å². The minimum absolute atomic E-state index is 0.218. The zero-order valence-electron chi connectivity index (χ0n) is 10.4. The van der Waals surface area contributed by atoms with Crippen molar-refractivity contribution >= 4 is 10.0 Å². The van der Waals surface area contributed by atoms with E-state index in [9.17, 15) is 8.42 Å². The molecule has 5 nitrogen and oxygen atoms in total. The molecule has 0 saturated heterocycles. The highest BCUT2D eigenvalue weighted by Gasteiger charge is 2.21. The molecule has 20 heavy (non-hydrogen) atoms. The largest absolute Gasteiger partial charge is 0.269 e. The van der Waals surface area contributed by atoms with Gasteiger partial charge in [0.2, 0.25) is 0 Å². The first-order valence-electron chi connectivity index (χ1n) is 5.95. The summed E-state index contributed by atoms with van der Waals surface area (Å²) in [7, 11) is -3.66. The first kappa shape index (κ1) is 12.6. The molecule has 0 N–H and O–H groups in total. The van der Waals surface area contributed by atoms with Crippen molar-refractivity contribution in [3.63, 3.8) is 0 Å². The monoisotopic (exact) mass is 285 g/mol. The lowest BCUT2D eigenvalue weighted by atomic mass is 10.3. The second kappa shape index (κ2) is 4.90. The molecule has 100 valence electrons. The SMILES string of the molecule is O=S(=O)(c1ccccc1)n1ccnc1-c1ccccn1. The molecule has 0 radical (unpaired) electrons. The summed E-state index contributed by atoms with van der Waals surface area (Å²) >= 11 is 0. The van der Waals surface area contributed by atoms with Crippen LogP contribution in [0, 0.1) is 0 Å². The van der Waals surface area contributed by atoms with Crippen LogP contribution in [0.3, 0.4) is 0 Å². The van der Waals surface area contributed by atoms with Gasteiger partial charge in [0.1, 0.15) is 5.69 Å². The maximum atomic E-state index is 12.6. The molecular weight excluding hydrogens is 274 g/mol. The Hall–Kier alpha value is -2.47. The van der Waals surface area contributed by atoms with E-state index in [4.69, 9.17) is 0 Å². The molecule has 3 rings (SSSR count). The highest BCUT2D eigenvalue weighted by Crippen LogP contribution is 2.20. The summed E-state index contributed by atoms with van der Waals surface area (Å²) in [6.45, 7) is 0. The highest BCUT2D eigenvalue weighted by molar-refractivity contribution is 7.90. The van der Waals surface area contributed by atoms with Gasteiger partial charge < -0.3 is 0 Å². The van der Waals surface area contributed by atoms with Gasteiger partial charge in [0, 0.05) is 18.6 Å². The van der Waals surface area contributed by atoms with Gasteiger partial charge >= 0.3 is 0 Å². The number of nitrogens with zero attached hydrogens (tertiary/aromatic N) is 3. The van der Waals surface area contributed by atoms with Crippen LogP contribution in [-0.2, 0) is 10.0 Å². The van der Waals surface area contributed by atoms with E-state index >= 15 is 0 Å². The third-order valence-corrected chi connectivity index (χ3v) is 4.48. The van der Waals surface area contributed by atoms with Gasteiger partial charge in [-0.1, -0.05) is 24.3 Å². The Morgan fingerprint density at radius 1 is 0.850 bits per heavy atom. The van der Waals surface area contributed by atoms with E-state index in [1.54, 1.807) is 54.7 Å². The number of imidazole rings is 1. The van der Waals surface area contributed by atoms with Gasteiger partial charge in [0.05, 0.1) is 4.90 Å². The summed E-state index contributed by atoms with van der Waals surface area (Å²) in [6.07, 6.45) is 4.47. The second-order valence-corrected chi connectivity index (χ2v) is 5.89. The van der Waals surface area contributed by atoms with Gasteiger partial charge in [-0.25, -0.2) is 17.4 Å². The smallest absolute Gasteiger partial charge is 0.253 e. The Morgan fingerprint density at radius 3 is 2.30 bits per heavy atom. The lowest BCUT2D eigenvalue weighted by molar-refractivity contribution is 0.587.